The quantitative estimate of drug-likeness (QED) is 0.798. The van der Waals surface area contributed by atoms with Crippen molar-refractivity contribution in [2.75, 3.05) is 18.6 Å². The summed E-state index contributed by atoms with van der Waals surface area (Å²) < 4.78 is 17.4. The molecule has 26 heavy (non-hydrogen) atoms. The molecule has 0 fully saturated rings. The lowest BCUT2D eigenvalue weighted by atomic mass is 9.81. The Morgan fingerprint density at radius 2 is 1.81 bits per heavy atom. The van der Waals surface area contributed by atoms with E-state index < -0.39 is 18.1 Å². The number of halogens is 1. The van der Waals surface area contributed by atoms with Gasteiger partial charge in [0.15, 0.2) is 0 Å². The highest BCUT2D eigenvalue weighted by atomic mass is 19.1. The summed E-state index contributed by atoms with van der Waals surface area (Å²) in [4.78, 5) is 24.4. The van der Waals surface area contributed by atoms with E-state index in [9.17, 15) is 19.1 Å². The summed E-state index contributed by atoms with van der Waals surface area (Å²) in [5, 5.41) is 12.5. The number of carbonyl (C=O) groups excluding carboxylic acids is 1. The smallest absolute Gasteiger partial charge is 0.310 e. The zero-order valence-electron chi connectivity index (χ0n) is 14.2. The van der Waals surface area contributed by atoms with Crippen molar-refractivity contribution in [3.8, 4) is 5.75 Å². The normalized spacial score (nSPS) is 14.5. The number of nitrogens with one attached hydrogen (secondary N) is 1. The van der Waals surface area contributed by atoms with Crippen LogP contribution in [0.5, 0.6) is 5.75 Å². The molecule has 1 aliphatic carbocycles. The molecule has 5 nitrogen and oxygen atoms in total. The molecular formula is C20H20FNO4. The molecular weight excluding hydrogens is 337 g/mol. The average molecular weight is 357 g/mol. The molecule has 0 atom stereocenters. The Balaban J connectivity index is 1.70. The maximum atomic E-state index is 12.5. The highest BCUT2D eigenvalue weighted by Gasteiger charge is 2.45. The number of ether oxygens (including phenoxy) is 1. The molecule has 3 rings (SSSR count). The van der Waals surface area contributed by atoms with Crippen molar-refractivity contribution < 1.29 is 23.8 Å². The van der Waals surface area contributed by atoms with E-state index in [1.807, 2.05) is 24.3 Å². The molecule has 0 saturated heterocycles. The number of benzene rings is 2. The Labute approximate surface area is 150 Å². The predicted molar refractivity (Wildman–Crippen MR) is 95.1 cm³/mol. The second-order valence-electron chi connectivity index (χ2n) is 6.50. The summed E-state index contributed by atoms with van der Waals surface area (Å²) in [5.74, 6) is -0.895. The van der Waals surface area contributed by atoms with Crippen LogP contribution in [0.25, 0.3) is 0 Å². The van der Waals surface area contributed by atoms with Gasteiger partial charge in [0.25, 0.3) is 0 Å². The molecule has 0 radical (unpaired) electrons. The summed E-state index contributed by atoms with van der Waals surface area (Å²) >= 11 is 0. The first-order chi connectivity index (χ1) is 12.5. The third-order valence-electron chi connectivity index (χ3n) is 4.59. The van der Waals surface area contributed by atoms with Crippen LogP contribution in [0.1, 0.15) is 17.5 Å². The Hall–Kier alpha value is -2.89. The summed E-state index contributed by atoms with van der Waals surface area (Å²) in [6, 6.07) is 14.2. The van der Waals surface area contributed by atoms with E-state index in [1.54, 1.807) is 24.3 Å². The molecule has 136 valence electrons. The van der Waals surface area contributed by atoms with Gasteiger partial charge in [-0.05, 0) is 36.1 Å². The first kappa shape index (κ1) is 17.9. The van der Waals surface area contributed by atoms with E-state index in [0.29, 0.717) is 24.3 Å². The fourth-order valence-corrected chi connectivity index (χ4v) is 3.38. The molecule has 0 bridgehead atoms. The van der Waals surface area contributed by atoms with Gasteiger partial charge in [-0.15, -0.1) is 0 Å². The van der Waals surface area contributed by atoms with Gasteiger partial charge < -0.3 is 15.2 Å². The Kier molecular flexibility index (Phi) is 5.21. The van der Waals surface area contributed by atoms with Crippen molar-refractivity contribution in [2.24, 2.45) is 5.41 Å². The highest BCUT2D eigenvalue weighted by Crippen LogP contribution is 2.40. The van der Waals surface area contributed by atoms with Gasteiger partial charge in [-0.25, -0.2) is 4.39 Å². The van der Waals surface area contributed by atoms with Gasteiger partial charge in [-0.2, -0.15) is 0 Å². The van der Waals surface area contributed by atoms with Gasteiger partial charge >= 0.3 is 5.97 Å². The van der Waals surface area contributed by atoms with Crippen LogP contribution in [0.3, 0.4) is 0 Å². The van der Waals surface area contributed by atoms with Crippen molar-refractivity contribution in [3.05, 3.63) is 59.7 Å². The van der Waals surface area contributed by atoms with Gasteiger partial charge in [0.1, 0.15) is 19.0 Å². The molecule has 6 heteroatoms. The molecule has 2 aromatic carbocycles. The number of anilines is 1. The van der Waals surface area contributed by atoms with E-state index >= 15 is 0 Å². The standard InChI is InChI=1S/C20H20FNO4/c21-8-9-26-17-7-3-6-16(10-17)22-18(23)13-20(19(24)25)11-14-4-1-2-5-15(14)12-20/h1-7,10H,8-9,11-13H2,(H,22,23)(H,24,25). The van der Waals surface area contributed by atoms with E-state index in [1.165, 1.54) is 0 Å². The Bertz CT molecular complexity index is 796. The number of amides is 1. The number of carboxylic acids is 1. The lowest BCUT2D eigenvalue weighted by Gasteiger charge is -2.23. The third-order valence-corrected chi connectivity index (χ3v) is 4.59. The molecule has 0 saturated carbocycles. The average Bonchev–Trinajstić information content (AvgIpc) is 2.99. The molecule has 1 aliphatic rings. The molecule has 0 aliphatic heterocycles. The number of aliphatic carboxylic acids is 1. The largest absolute Gasteiger partial charge is 0.491 e. The van der Waals surface area contributed by atoms with Crippen LogP contribution in [-0.2, 0) is 22.4 Å². The van der Waals surface area contributed by atoms with Gasteiger partial charge in [0.05, 0.1) is 5.41 Å². The first-order valence-electron chi connectivity index (χ1n) is 8.41. The lowest BCUT2D eigenvalue weighted by molar-refractivity contribution is -0.150. The van der Waals surface area contributed by atoms with Gasteiger partial charge in [0, 0.05) is 18.2 Å². The molecule has 0 heterocycles. The van der Waals surface area contributed by atoms with Gasteiger partial charge in [0.2, 0.25) is 5.91 Å². The molecule has 0 aromatic heterocycles. The minimum absolute atomic E-state index is 0.0578. The number of fused-ring (bicyclic) bond motifs is 1. The van der Waals surface area contributed by atoms with Gasteiger partial charge in [-0.3, -0.25) is 9.59 Å². The number of hydrogen-bond donors (Lipinski definition) is 2. The first-order valence-corrected chi connectivity index (χ1v) is 8.41. The van der Waals surface area contributed by atoms with Crippen LogP contribution < -0.4 is 10.1 Å². The predicted octanol–water partition coefficient (Wildman–Crippen LogP) is 3.23. The summed E-state index contributed by atoms with van der Waals surface area (Å²) in [5.41, 5.74) is 1.31. The minimum Gasteiger partial charge on any atom is -0.491 e. The summed E-state index contributed by atoms with van der Waals surface area (Å²) in [6.07, 6.45) is 0.559. The fraction of sp³-hybridized carbons (Fsp3) is 0.300. The highest BCUT2D eigenvalue weighted by molar-refractivity contribution is 5.95. The van der Waals surface area contributed by atoms with Crippen molar-refractivity contribution in [1.82, 2.24) is 0 Å². The SMILES string of the molecule is O=C(CC1(C(=O)O)Cc2ccccc2C1)Nc1cccc(OCCF)c1. The van der Waals surface area contributed by atoms with Crippen molar-refractivity contribution in [2.45, 2.75) is 19.3 Å². The Morgan fingerprint density at radius 3 is 2.42 bits per heavy atom. The maximum Gasteiger partial charge on any atom is 0.310 e. The van der Waals surface area contributed by atoms with E-state index in [0.717, 1.165) is 11.1 Å². The fourth-order valence-electron chi connectivity index (χ4n) is 3.38. The second-order valence-corrected chi connectivity index (χ2v) is 6.50. The lowest BCUT2D eigenvalue weighted by Crippen LogP contribution is -2.36. The molecule has 0 spiro atoms. The van der Waals surface area contributed by atoms with Crippen LogP contribution in [0, 0.1) is 5.41 Å². The van der Waals surface area contributed by atoms with E-state index in [-0.39, 0.29) is 18.9 Å². The van der Waals surface area contributed by atoms with Crippen LogP contribution >= 0.6 is 0 Å². The molecule has 2 N–H and O–H groups in total. The maximum absolute atomic E-state index is 12.5. The van der Waals surface area contributed by atoms with Crippen molar-refractivity contribution >= 4 is 17.6 Å². The number of rotatable bonds is 7. The third kappa shape index (κ3) is 3.85. The topological polar surface area (TPSA) is 75.6 Å². The second kappa shape index (κ2) is 7.56. The van der Waals surface area contributed by atoms with Crippen molar-refractivity contribution in [3.63, 3.8) is 0 Å². The Morgan fingerprint density at radius 1 is 1.12 bits per heavy atom. The molecule has 0 unspecified atom stereocenters. The number of carboxylic acid groups (broad SMARTS) is 1. The monoisotopic (exact) mass is 357 g/mol. The molecule has 1 amide bonds. The van der Waals surface area contributed by atoms with E-state index in [4.69, 9.17) is 4.74 Å². The van der Waals surface area contributed by atoms with Crippen LogP contribution in [-0.4, -0.2) is 30.3 Å². The number of alkyl halides is 1. The molecule has 2 aromatic rings. The van der Waals surface area contributed by atoms with Gasteiger partial charge in [-0.1, -0.05) is 30.3 Å². The summed E-state index contributed by atoms with van der Waals surface area (Å²) in [7, 11) is 0. The minimum atomic E-state index is -1.13. The zero-order valence-corrected chi connectivity index (χ0v) is 14.2. The van der Waals surface area contributed by atoms with Crippen LogP contribution in [0.15, 0.2) is 48.5 Å². The zero-order chi connectivity index (χ0) is 18.6. The number of hydrogen-bond acceptors (Lipinski definition) is 3. The van der Waals surface area contributed by atoms with Crippen molar-refractivity contribution in [1.29, 1.82) is 0 Å². The van der Waals surface area contributed by atoms with Crippen LogP contribution in [0.2, 0.25) is 0 Å². The van der Waals surface area contributed by atoms with Crippen LogP contribution in [0.4, 0.5) is 10.1 Å². The summed E-state index contributed by atoms with van der Waals surface area (Å²) in [6.45, 7) is -0.657. The number of carbonyl (C=O) groups is 2. The van der Waals surface area contributed by atoms with E-state index in [2.05, 4.69) is 5.32 Å².